The molecule has 1 aromatic heterocycles. The number of furan rings is 1. The lowest BCUT2D eigenvalue weighted by atomic mass is 10.2. The first kappa shape index (κ1) is 18.8. The van der Waals surface area contributed by atoms with Gasteiger partial charge in [0.2, 0.25) is 0 Å². The number of aliphatic imine (C=N–C) groups is 1. The molecule has 24 heavy (non-hydrogen) atoms. The number of guanidine groups is 1. The molecule has 1 aliphatic carbocycles. The number of nitrogens with one attached hydrogen (secondary N) is 2. The molecule has 0 bridgehead atoms. The Morgan fingerprint density at radius 2 is 2.17 bits per heavy atom. The minimum Gasteiger partial charge on any atom is -0.469 e. The van der Waals surface area contributed by atoms with E-state index in [0.717, 1.165) is 31.0 Å². The number of nitrogens with zero attached hydrogens (tertiary/aromatic N) is 1. The zero-order valence-corrected chi connectivity index (χ0v) is 15.4. The molecule has 2 N–H and O–H groups in total. The van der Waals surface area contributed by atoms with E-state index < -0.39 is 9.84 Å². The van der Waals surface area contributed by atoms with Crippen LogP contribution in [0.3, 0.4) is 0 Å². The van der Waals surface area contributed by atoms with E-state index in [9.17, 15) is 8.42 Å². The monoisotopic (exact) mass is 355 g/mol. The molecule has 6 nitrogen and oxygen atoms in total. The Hall–Kier alpha value is -1.50. The number of hydrogen-bond acceptors (Lipinski definition) is 4. The maximum Gasteiger partial charge on any atom is 0.191 e. The summed E-state index contributed by atoms with van der Waals surface area (Å²) in [5, 5.41) is 6.82. The third-order valence-corrected chi connectivity index (χ3v) is 5.19. The molecule has 136 valence electrons. The van der Waals surface area contributed by atoms with Crippen LogP contribution < -0.4 is 10.6 Å². The van der Waals surface area contributed by atoms with E-state index in [2.05, 4.69) is 15.6 Å². The van der Waals surface area contributed by atoms with Crippen LogP contribution in [0.15, 0.2) is 27.8 Å². The van der Waals surface area contributed by atoms with E-state index in [1.54, 1.807) is 6.26 Å². The average molecular weight is 356 g/mol. The molecule has 1 aromatic rings. The van der Waals surface area contributed by atoms with E-state index in [1.807, 2.05) is 19.1 Å². The fraction of sp³-hybridized carbons (Fsp3) is 0.706. The van der Waals surface area contributed by atoms with Crippen molar-refractivity contribution >= 4 is 15.8 Å². The maximum absolute atomic E-state index is 11.3. The minimum absolute atomic E-state index is 0.0518. The summed E-state index contributed by atoms with van der Waals surface area (Å²) in [5.74, 6) is 1.88. The molecule has 1 atom stereocenters. The van der Waals surface area contributed by atoms with Crippen LogP contribution >= 0.6 is 0 Å². The van der Waals surface area contributed by atoms with Crippen molar-refractivity contribution in [2.75, 3.05) is 18.6 Å². The van der Waals surface area contributed by atoms with Crippen LogP contribution in [0.5, 0.6) is 0 Å². The van der Waals surface area contributed by atoms with Gasteiger partial charge in [-0.2, -0.15) is 0 Å². The van der Waals surface area contributed by atoms with Crippen LogP contribution in [0.25, 0.3) is 0 Å². The summed E-state index contributed by atoms with van der Waals surface area (Å²) in [4.78, 5) is 4.63. The second-order valence-corrected chi connectivity index (χ2v) is 8.91. The molecule has 1 aliphatic rings. The first-order valence-corrected chi connectivity index (χ1v) is 10.8. The van der Waals surface area contributed by atoms with Gasteiger partial charge in [0.1, 0.15) is 15.6 Å². The van der Waals surface area contributed by atoms with Crippen molar-refractivity contribution in [1.29, 1.82) is 0 Å². The van der Waals surface area contributed by atoms with Gasteiger partial charge in [-0.15, -0.1) is 0 Å². The van der Waals surface area contributed by atoms with Crippen LogP contribution in [0.1, 0.15) is 44.8 Å². The van der Waals surface area contributed by atoms with Gasteiger partial charge in [-0.05, 0) is 38.3 Å². The lowest BCUT2D eigenvalue weighted by molar-refractivity contribution is 0.510. The molecule has 1 saturated carbocycles. The van der Waals surface area contributed by atoms with Gasteiger partial charge in [0.15, 0.2) is 5.96 Å². The summed E-state index contributed by atoms with van der Waals surface area (Å²) >= 11 is 0. The zero-order chi connectivity index (χ0) is 17.4. The van der Waals surface area contributed by atoms with Gasteiger partial charge in [0.25, 0.3) is 0 Å². The Morgan fingerprint density at radius 3 is 2.79 bits per heavy atom. The highest BCUT2D eigenvalue weighted by Crippen LogP contribution is 2.17. The van der Waals surface area contributed by atoms with Gasteiger partial charge in [0.05, 0.1) is 12.0 Å². The van der Waals surface area contributed by atoms with Crippen LogP contribution in [0, 0.1) is 0 Å². The average Bonchev–Trinajstić information content (AvgIpc) is 3.18. The molecule has 0 amide bonds. The summed E-state index contributed by atoms with van der Waals surface area (Å²) < 4.78 is 28.0. The molecule has 7 heteroatoms. The predicted molar refractivity (Wildman–Crippen MR) is 97.0 cm³/mol. The van der Waals surface area contributed by atoms with Gasteiger partial charge in [0, 0.05) is 31.3 Å². The predicted octanol–water partition coefficient (Wildman–Crippen LogP) is 2.12. The van der Waals surface area contributed by atoms with E-state index in [4.69, 9.17) is 4.42 Å². The third kappa shape index (κ3) is 7.38. The van der Waals surface area contributed by atoms with Gasteiger partial charge in [-0.25, -0.2) is 8.42 Å². The van der Waals surface area contributed by atoms with Crippen molar-refractivity contribution in [3.63, 3.8) is 0 Å². The van der Waals surface area contributed by atoms with Crippen LogP contribution in [0.4, 0.5) is 0 Å². The second-order valence-electron chi connectivity index (χ2n) is 6.65. The number of hydrogen-bond donors (Lipinski definition) is 2. The summed E-state index contributed by atoms with van der Waals surface area (Å²) in [6, 6.07) is 4.34. The van der Waals surface area contributed by atoms with E-state index in [-0.39, 0.29) is 11.8 Å². The fourth-order valence-electron chi connectivity index (χ4n) is 2.83. The Labute approximate surface area is 145 Å². The van der Waals surface area contributed by atoms with Gasteiger partial charge in [-0.1, -0.05) is 12.8 Å². The molecule has 0 saturated heterocycles. The largest absolute Gasteiger partial charge is 0.469 e. The molecule has 1 unspecified atom stereocenters. The van der Waals surface area contributed by atoms with Gasteiger partial charge < -0.3 is 15.1 Å². The normalized spacial score (nSPS) is 17.8. The Kier molecular flexibility index (Phi) is 7.15. The van der Waals surface area contributed by atoms with E-state index in [0.29, 0.717) is 19.0 Å². The van der Waals surface area contributed by atoms with Crippen molar-refractivity contribution < 1.29 is 12.8 Å². The van der Waals surface area contributed by atoms with Crippen LogP contribution in [0.2, 0.25) is 0 Å². The molecule has 2 rings (SSSR count). The summed E-state index contributed by atoms with van der Waals surface area (Å²) in [5.41, 5.74) is 0. The standard InChI is InChI=1S/C17H29N3O3S/c1-14(10-13-24(2,21)22)19-17(20-15-6-3-4-7-15)18-11-9-16-8-5-12-23-16/h5,8,12,14-15H,3-4,6-7,9-11,13H2,1-2H3,(H2,18,19,20). The lowest BCUT2D eigenvalue weighted by Crippen LogP contribution is -2.46. The molecular formula is C17H29N3O3S. The molecule has 1 fully saturated rings. The highest BCUT2D eigenvalue weighted by Gasteiger charge is 2.17. The molecule has 0 aliphatic heterocycles. The van der Waals surface area contributed by atoms with Crippen molar-refractivity contribution in [3.8, 4) is 0 Å². The smallest absolute Gasteiger partial charge is 0.191 e. The molecule has 1 heterocycles. The zero-order valence-electron chi connectivity index (χ0n) is 14.6. The second kappa shape index (κ2) is 9.11. The minimum atomic E-state index is -2.94. The lowest BCUT2D eigenvalue weighted by Gasteiger charge is -2.21. The Bertz CT molecular complexity index is 605. The first-order valence-electron chi connectivity index (χ1n) is 8.70. The van der Waals surface area contributed by atoms with Crippen LogP contribution in [-0.4, -0.2) is 45.0 Å². The van der Waals surface area contributed by atoms with Crippen molar-refractivity contribution in [1.82, 2.24) is 10.6 Å². The molecule has 0 spiro atoms. The summed E-state index contributed by atoms with van der Waals surface area (Å²) in [7, 11) is -2.94. The number of sulfone groups is 1. The Balaban J connectivity index is 1.88. The molecule has 0 radical (unpaired) electrons. The topological polar surface area (TPSA) is 83.7 Å². The van der Waals surface area contributed by atoms with Crippen molar-refractivity contribution in [2.24, 2.45) is 4.99 Å². The van der Waals surface area contributed by atoms with Gasteiger partial charge >= 0.3 is 0 Å². The maximum atomic E-state index is 11.3. The van der Waals surface area contributed by atoms with E-state index >= 15 is 0 Å². The van der Waals surface area contributed by atoms with Gasteiger partial charge in [-0.3, -0.25) is 4.99 Å². The fourth-order valence-corrected chi connectivity index (χ4v) is 3.61. The van der Waals surface area contributed by atoms with E-state index in [1.165, 1.54) is 19.1 Å². The molecular weight excluding hydrogens is 326 g/mol. The summed E-state index contributed by atoms with van der Waals surface area (Å²) in [6.07, 6.45) is 9.09. The third-order valence-electron chi connectivity index (χ3n) is 4.21. The van der Waals surface area contributed by atoms with Crippen LogP contribution in [-0.2, 0) is 16.3 Å². The van der Waals surface area contributed by atoms with Crippen molar-refractivity contribution in [3.05, 3.63) is 24.2 Å². The highest BCUT2D eigenvalue weighted by atomic mass is 32.2. The SMILES string of the molecule is CC(CCS(C)(=O)=O)NC(=NCCc1ccco1)NC1CCCC1. The first-order chi connectivity index (χ1) is 11.4. The van der Waals surface area contributed by atoms with Crippen molar-refractivity contribution in [2.45, 2.75) is 57.5 Å². The molecule has 0 aromatic carbocycles. The highest BCUT2D eigenvalue weighted by molar-refractivity contribution is 7.90. The summed E-state index contributed by atoms with van der Waals surface area (Å²) in [6.45, 7) is 2.62. The Morgan fingerprint density at radius 1 is 1.42 bits per heavy atom. The quantitative estimate of drug-likeness (QED) is 0.551. The number of rotatable bonds is 8.